The van der Waals surface area contributed by atoms with E-state index in [0.717, 1.165) is 0 Å². The minimum atomic E-state index is -0.580. The van der Waals surface area contributed by atoms with Crippen molar-refractivity contribution in [3.05, 3.63) is 29.7 Å². The Bertz CT molecular complexity index is 834. The van der Waals surface area contributed by atoms with Crippen LogP contribution in [0.25, 0.3) is 10.9 Å². The van der Waals surface area contributed by atoms with Crippen molar-refractivity contribution in [3.63, 3.8) is 0 Å². The van der Waals surface area contributed by atoms with E-state index in [4.69, 9.17) is 14.0 Å². The molecule has 2 N–H and O–H groups in total. The van der Waals surface area contributed by atoms with Crippen LogP contribution in [-0.4, -0.2) is 37.0 Å². The summed E-state index contributed by atoms with van der Waals surface area (Å²) in [5.41, 5.74) is 1.32. The number of rotatable bonds is 3. The maximum atomic E-state index is 14.5. The van der Waals surface area contributed by atoms with Crippen molar-refractivity contribution in [2.75, 3.05) is 13.2 Å². The Morgan fingerprint density at radius 1 is 1.30 bits per heavy atom. The number of halogens is 1. The molecule has 0 unspecified atom stereocenters. The van der Waals surface area contributed by atoms with E-state index in [0.29, 0.717) is 35.3 Å². The third kappa shape index (κ3) is 5.02. The molecule has 146 valence electrons. The predicted molar refractivity (Wildman–Crippen MR) is 102 cm³/mol. The zero-order chi connectivity index (χ0) is 19.8. The lowest BCUT2D eigenvalue weighted by Crippen LogP contribution is -2.47. The summed E-state index contributed by atoms with van der Waals surface area (Å²) in [5.74, 6) is -0.362. The second kappa shape index (κ2) is 7.17. The standard InChI is InChI=1S/C19H26BFN2O4/c1-18(2,3)27-17(24)22-9-13-8-14-15(21)6-12(7-16(14)23-13)20-25-10-19(4,5)11-26-20/h6-8,23H,9-11H2,1-5H3,(H,22,24). The van der Waals surface area contributed by atoms with E-state index in [1.165, 1.54) is 6.07 Å². The summed E-state index contributed by atoms with van der Waals surface area (Å²) in [5, 5.41) is 3.11. The quantitative estimate of drug-likeness (QED) is 0.808. The molecule has 1 aliphatic heterocycles. The molecule has 0 atom stereocenters. The lowest BCUT2D eigenvalue weighted by Gasteiger charge is -2.33. The first-order valence-corrected chi connectivity index (χ1v) is 9.04. The van der Waals surface area contributed by atoms with Crippen LogP contribution in [0, 0.1) is 11.2 Å². The van der Waals surface area contributed by atoms with Crippen molar-refractivity contribution >= 4 is 29.6 Å². The molecule has 1 aliphatic rings. The smallest absolute Gasteiger partial charge is 0.444 e. The van der Waals surface area contributed by atoms with Gasteiger partial charge in [0, 0.05) is 35.2 Å². The highest BCUT2D eigenvalue weighted by Crippen LogP contribution is 2.23. The van der Waals surface area contributed by atoms with Crippen molar-refractivity contribution in [2.45, 2.75) is 46.8 Å². The number of amides is 1. The first-order chi connectivity index (χ1) is 12.5. The summed E-state index contributed by atoms with van der Waals surface area (Å²) in [7, 11) is -0.580. The van der Waals surface area contributed by atoms with E-state index >= 15 is 0 Å². The van der Waals surface area contributed by atoms with Gasteiger partial charge in [-0.25, -0.2) is 9.18 Å². The normalized spacial score (nSPS) is 17.2. The molecule has 3 rings (SSSR count). The maximum absolute atomic E-state index is 14.5. The highest BCUT2D eigenvalue weighted by molar-refractivity contribution is 6.61. The van der Waals surface area contributed by atoms with Gasteiger partial charge in [-0.05, 0) is 44.4 Å². The van der Waals surface area contributed by atoms with Crippen LogP contribution in [0.3, 0.4) is 0 Å². The number of nitrogens with one attached hydrogen (secondary N) is 2. The van der Waals surface area contributed by atoms with E-state index in [-0.39, 0.29) is 17.8 Å². The Morgan fingerprint density at radius 2 is 1.96 bits per heavy atom. The van der Waals surface area contributed by atoms with Crippen LogP contribution in [0.15, 0.2) is 18.2 Å². The van der Waals surface area contributed by atoms with Crippen LogP contribution in [0.1, 0.15) is 40.3 Å². The largest absolute Gasteiger partial charge is 0.494 e. The second-order valence-corrected chi connectivity index (χ2v) is 8.73. The van der Waals surface area contributed by atoms with E-state index in [1.54, 1.807) is 26.8 Å². The summed E-state index contributed by atoms with van der Waals surface area (Å²) in [4.78, 5) is 14.9. The number of fused-ring (bicyclic) bond motifs is 1. The monoisotopic (exact) mass is 376 g/mol. The Balaban J connectivity index is 1.72. The van der Waals surface area contributed by atoms with E-state index in [1.807, 2.05) is 6.07 Å². The molecule has 1 saturated heterocycles. The number of carbonyl (C=O) groups is 1. The number of hydrogen-bond donors (Lipinski definition) is 2. The molecule has 0 bridgehead atoms. The van der Waals surface area contributed by atoms with Gasteiger partial charge in [0.15, 0.2) is 0 Å². The predicted octanol–water partition coefficient (Wildman–Crippen LogP) is 3.10. The Hall–Kier alpha value is -2.06. The minimum absolute atomic E-state index is 0.0495. The van der Waals surface area contributed by atoms with Crippen LogP contribution >= 0.6 is 0 Å². The lowest BCUT2D eigenvalue weighted by molar-refractivity contribution is 0.0343. The zero-order valence-electron chi connectivity index (χ0n) is 16.4. The molecule has 2 aromatic rings. The highest BCUT2D eigenvalue weighted by Gasteiger charge is 2.34. The molecule has 0 radical (unpaired) electrons. The lowest BCUT2D eigenvalue weighted by atomic mass is 9.75. The Kier molecular flexibility index (Phi) is 5.23. The third-order valence-corrected chi connectivity index (χ3v) is 4.11. The number of carbonyl (C=O) groups excluding carboxylic acids is 1. The summed E-state index contributed by atoms with van der Waals surface area (Å²) in [6.07, 6.45) is -0.520. The van der Waals surface area contributed by atoms with Gasteiger partial charge in [0.25, 0.3) is 0 Å². The number of aromatic nitrogens is 1. The van der Waals surface area contributed by atoms with Gasteiger partial charge in [-0.15, -0.1) is 0 Å². The van der Waals surface area contributed by atoms with Crippen LogP contribution in [0.5, 0.6) is 0 Å². The number of benzene rings is 1. The first-order valence-electron chi connectivity index (χ1n) is 9.04. The van der Waals surface area contributed by atoms with Crippen LogP contribution in [0.4, 0.5) is 9.18 Å². The van der Waals surface area contributed by atoms with Gasteiger partial charge in [0.2, 0.25) is 0 Å². The number of alkyl carbamates (subject to hydrolysis) is 1. The van der Waals surface area contributed by atoms with Gasteiger partial charge in [0.05, 0.1) is 6.54 Å². The van der Waals surface area contributed by atoms with E-state index < -0.39 is 18.8 Å². The molecule has 1 fully saturated rings. The maximum Gasteiger partial charge on any atom is 0.494 e. The Morgan fingerprint density at radius 3 is 2.59 bits per heavy atom. The van der Waals surface area contributed by atoms with Gasteiger partial charge >= 0.3 is 13.2 Å². The van der Waals surface area contributed by atoms with Gasteiger partial charge in [-0.2, -0.15) is 0 Å². The molecule has 0 spiro atoms. The molecule has 1 amide bonds. The summed E-state index contributed by atoms with van der Waals surface area (Å²) >= 11 is 0. The summed E-state index contributed by atoms with van der Waals surface area (Å²) in [6.45, 7) is 10.8. The number of ether oxygens (including phenoxy) is 1. The van der Waals surface area contributed by atoms with Crippen LogP contribution in [0.2, 0.25) is 0 Å². The zero-order valence-corrected chi connectivity index (χ0v) is 16.4. The number of H-pyrrole nitrogens is 1. The van der Waals surface area contributed by atoms with Gasteiger partial charge in [-0.3, -0.25) is 0 Å². The summed E-state index contributed by atoms with van der Waals surface area (Å²) in [6, 6.07) is 4.93. The van der Waals surface area contributed by atoms with Crippen LogP contribution in [-0.2, 0) is 20.6 Å². The fraction of sp³-hybridized carbons (Fsp3) is 0.526. The fourth-order valence-electron chi connectivity index (χ4n) is 2.87. The molecule has 6 nitrogen and oxygen atoms in total. The van der Waals surface area contributed by atoms with Crippen molar-refractivity contribution in [3.8, 4) is 0 Å². The second-order valence-electron chi connectivity index (χ2n) is 8.73. The molecule has 0 saturated carbocycles. The van der Waals surface area contributed by atoms with Gasteiger partial charge in [0.1, 0.15) is 11.4 Å². The molecule has 8 heteroatoms. The number of aromatic amines is 1. The van der Waals surface area contributed by atoms with Crippen molar-refractivity contribution < 1.29 is 23.2 Å². The van der Waals surface area contributed by atoms with E-state index in [9.17, 15) is 9.18 Å². The van der Waals surface area contributed by atoms with Crippen molar-refractivity contribution in [1.82, 2.24) is 10.3 Å². The number of hydrogen-bond acceptors (Lipinski definition) is 4. The molecular weight excluding hydrogens is 350 g/mol. The Labute approximate surface area is 158 Å². The molecule has 1 aromatic heterocycles. The topological polar surface area (TPSA) is 72.6 Å². The molecule has 1 aromatic carbocycles. The van der Waals surface area contributed by atoms with Crippen LogP contribution < -0.4 is 10.8 Å². The first kappa shape index (κ1) is 19.7. The third-order valence-electron chi connectivity index (χ3n) is 4.11. The average molecular weight is 376 g/mol. The summed E-state index contributed by atoms with van der Waals surface area (Å²) < 4.78 is 31.2. The molecule has 2 heterocycles. The average Bonchev–Trinajstić information content (AvgIpc) is 2.95. The van der Waals surface area contributed by atoms with Gasteiger partial charge < -0.3 is 24.3 Å². The minimum Gasteiger partial charge on any atom is -0.444 e. The highest BCUT2D eigenvalue weighted by atomic mass is 19.1. The SMILES string of the molecule is CC1(C)COB(c2cc(F)c3cc(CNC(=O)OC(C)(C)C)[nH]c3c2)OC1. The molecular formula is C19H26BFN2O4. The molecule has 0 aliphatic carbocycles. The van der Waals surface area contributed by atoms with Crippen molar-refractivity contribution in [1.29, 1.82) is 0 Å². The fourth-order valence-corrected chi connectivity index (χ4v) is 2.87. The van der Waals surface area contributed by atoms with E-state index in [2.05, 4.69) is 24.1 Å². The van der Waals surface area contributed by atoms with Gasteiger partial charge in [-0.1, -0.05) is 13.8 Å². The van der Waals surface area contributed by atoms with Crippen molar-refractivity contribution in [2.24, 2.45) is 5.41 Å². The molecule has 27 heavy (non-hydrogen) atoms.